The second kappa shape index (κ2) is 11.7. The Bertz CT molecular complexity index is 792. The van der Waals surface area contributed by atoms with Crippen molar-refractivity contribution in [2.75, 3.05) is 27.2 Å². The van der Waals surface area contributed by atoms with Crippen LogP contribution in [0.2, 0.25) is 0 Å². The van der Waals surface area contributed by atoms with Crippen LogP contribution in [-0.4, -0.2) is 65.0 Å². The predicted molar refractivity (Wildman–Crippen MR) is 124 cm³/mol. The van der Waals surface area contributed by atoms with Crippen LogP contribution in [0.25, 0.3) is 0 Å². The third-order valence-corrected chi connectivity index (χ3v) is 4.89. The van der Waals surface area contributed by atoms with E-state index in [1.54, 1.807) is 29.9 Å². The predicted octanol–water partition coefficient (Wildman–Crippen LogP) is 1.47. The van der Waals surface area contributed by atoms with Gasteiger partial charge in [-0.2, -0.15) is 0 Å². The number of amides is 1. The van der Waals surface area contributed by atoms with Gasteiger partial charge >= 0.3 is 0 Å². The van der Waals surface area contributed by atoms with Crippen molar-refractivity contribution in [2.24, 2.45) is 4.99 Å². The number of hydrogen-bond donors (Lipinski definition) is 2. The van der Waals surface area contributed by atoms with Crippen molar-refractivity contribution in [3.8, 4) is 0 Å². The van der Waals surface area contributed by atoms with Gasteiger partial charge in [0.1, 0.15) is 6.54 Å². The molecule has 1 atom stereocenters. The van der Waals surface area contributed by atoms with Crippen LogP contribution in [0.3, 0.4) is 0 Å². The van der Waals surface area contributed by atoms with Gasteiger partial charge in [-0.25, -0.2) is 4.99 Å². The summed E-state index contributed by atoms with van der Waals surface area (Å²) in [5.74, 6) is 0.677. The van der Waals surface area contributed by atoms with Gasteiger partial charge in [-0.3, -0.25) is 9.48 Å². The molecule has 0 aliphatic heterocycles. The minimum Gasteiger partial charge on any atom is -0.356 e. The first-order valence-electron chi connectivity index (χ1n) is 9.77. The van der Waals surface area contributed by atoms with E-state index in [-0.39, 0.29) is 36.4 Å². The molecule has 3 rings (SSSR count). The molecule has 1 unspecified atom stereocenters. The monoisotopic (exact) mass is 511 g/mol. The van der Waals surface area contributed by atoms with Crippen molar-refractivity contribution in [1.82, 2.24) is 30.5 Å². The number of carbonyl (C=O) groups excluding carboxylic acids is 1. The molecule has 9 heteroatoms. The molecule has 8 nitrogen and oxygen atoms in total. The van der Waals surface area contributed by atoms with E-state index < -0.39 is 0 Å². The quantitative estimate of drug-likeness (QED) is 0.255. The highest BCUT2D eigenvalue weighted by Gasteiger charge is 2.19. The van der Waals surface area contributed by atoms with Gasteiger partial charge < -0.3 is 15.5 Å². The Morgan fingerprint density at radius 1 is 1.31 bits per heavy atom. The van der Waals surface area contributed by atoms with Crippen molar-refractivity contribution in [3.63, 3.8) is 0 Å². The third kappa shape index (κ3) is 7.30. The number of likely N-dealkylation sites (N-methyl/N-ethyl adjacent to an activating group) is 1. The summed E-state index contributed by atoms with van der Waals surface area (Å²) in [5.41, 5.74) is 2.82. The summed E-state index contributed by atoms with van der Waals surface area (Å²) in [6.45, 7) is 1.66. The Balaban J connectivity index is 0.00000300. The lowest BCUT2D eigenvalue weighted by Crippen LogP contribution is -2.46. The van der Waals surface area contributed by atoms with Gasteiger partial charge in [-0.15, -0.1) is 29.1 Å². The minimum absolute atomic E-state index is 0. The molecule has 0 spiro atoms. The summed E-state index contributed by atoms with van der Waals surface area (Å²) < 4.78 is 1.81. The number of fused-ring (bicyclic) bond motifs is 1. The van der Waals surface area contributed by atoms with Gasteiger partial charge in [0.15, 0.2) is 5.96 Å². The van der Waals surface area contributed by atoms with Crippen LogP contribution in [0.5, 0.6) is 0 Å². The molecule has 2 N–H and O–H groups in total. The van der Waals surface area contributed by atoms with E-state index in [4.69, 9.17) is 0 Å². The zero-order chi connectivity index (χ0) is 19.8. The Kier molecular flexibility index (Phi) is 9.36. The minimum atomic E-state index is -0.0160. The average Bonchev–Trinajstić information content (AvgIpc) is 3.22. The normalized spacial score (nSPS) is 15.8. The fourth-order valence-electron chi connectivity index (χ4n) is 3.25. The maximum atomic E-state index is 11.9. The maximum absolute atomic E-state index is 11.9. The van der Waals surface area contributed by atoms with Crippen LogP contribution < -0.4 is 10.6 Å². The average molecular weight is 511 g/mol. The molecule has 1 amide bonds. The molecule has 0 radical (unpaired) electrons. The Morgan fingerprint density at radius 2 is 2.10 bits per heavy atom. The molecule has 2 aromatic rings. The second-order valence-electron chi connectivity index (χ2n) is 7.25. The van der Waals surface area contributed by atoms with Crippen LogP contribution in [0.4, 0.5) is 0 Å². The number of benzene rings is 1. The van der Waals surface area contributed by atoms with Crippen molar-refractivity contribution < 1.29 is 4.79 Å². The highest BCUT2D eigenvalue weighted by Crippen LogP contribution is 2.20. The largest absolute Gasteiger partial charge is 0.356 e. The molecule has 158 valence electrons. The highest BCUT2D eigenvalue weighted by atomic mass is 127. The van der Waals surface area contributed by atoms with Crippen LogP contribution in [0, 0.1) is 0 Å². The number of carbonyl (C=O) groups is 1. The lowest BCUT2D eigenvalue weighted by Gasteiger charge is -2.27. The Labute approximate surface area is 189 Å². The number of guanidine groups is 1. The lowest BCUT2D eigenvalue weighted by atomic mass is 9.88. The number of halogens is 1. The molecular weight excluding hydrogens is 481 g/mol. The fourth-order valence-corrected chi connectivity index (χ4v) is 3.25. The smallest absolute Gasteiger partial charge is 0.243 e. The zero-order valence-electron chi connectivity index (χ0n) is 17.0. The first kappa shape index (κ1) is 23.1. The molecule has 29 heavy (non-hydrogen) atoms. The molecule has 0 bridgehead atoms. The molecule has 0 saturated carbocycles. The van der Waals surface area contributed by atoms with Gasteiger partial charge in [0.05, 0.1) is 6.20 Å². The maximum Gasteiger partial charge on any atom is 0.243 e. The summed E-state index contributed by atoms with van der Waals surface area (Å²) in [4.78, 5) is 18.0. The van der Waals surface area contributed by atoms with E-state index in [2.05, 4.69) is 50.2 Å². The summed E-state index contributed by atoms with van der Waals surface area (Å²) in [7, 11) is 3.49. The molecule has 1 heterocycles. The van der Waals surface area contributed by atoms with Crippen LogP contribution in [-0.2, 0) is 24.2 Å². The second-order valence-corrected chi connectivity index (χ2v) is 7.25. The highest BCUT2D eigenvalue weighted by molar-refractivity contribution is 14.0. The number of aliphatic imine (C=N–C) groups is 1. The lowest BCUT2D eigenvalue weighted by molar-refractivity contribution is -0.127. The molecule has 1 aromatic heterocycles. The van der Waals surface area contributed by atoms with E-state index in [9.17, 15) is 4.79 Å². The third-order valence-electron chi connectivity index (χ3n) is 4.89. The van der Waals surface area contributed by atoms with Gasteiger partial charge in [-0.05, 0) is 36.8 Å². The van der Waals surface area contributed by atoms with Crippen molar-refractivity contribution in [1.29, 1.82) is 0 Å². The van der Waals surface area contributed by atoms with E-state index in [0.29, 0.717) is 12.0 Å². The molecule has 0 saturated heterocycles. The van der Waals surface area contributed by atoms with Crippen molar-refractivity contribution in [3.05, 3.63) is 47.8 Å². The Morgan fingerprint density at radius 3 is 2.83 bits per heavy atom. The summed E-state index contributed by atoms with van der Waals surface area (Å²) in [6, 6.07) is 8.91. The van der Waals surface area contributed by atoms with Crippen LogP contribution in [0.15, 0.2) is 41.7 Å². The van der Waals surface area contributed by atoms with E-state index in [0.717, 1.165) is 38.8 Å². The Hall–Kier alpha value is -2.17. The van der Waals surface area contributed by atoms with E-state index in [1.165, 1.54) is 11.1 Å². The number of hydrogen-bond acceptors (Lipinski definition) is 4. The molecule has 1 aromatic carbocycles. The van der Waals surface area contributed by atoms with E-state index in [1.807, 2.05) is 6.20 Å². The van der Waals surface area contributed by atoms with Gasteiger partial charge in [0.2, 0.25) is 5.91 Å². The standard InChI is InChI=1S/C20H29N7O.HI/c1-26(2)19(28)15-22-20(21-10-5-12-27-13-11-23-25-27)24-18-9-8-16-6-3-4-7-17(16)14-18;/h3-4,6-7,11,13,18H,5,8-10,12,14-15H2,1-2H3,(H2,21,22,24);1H. The van der Waals surface area contributed by atoms with Crippen molar-refractivity contribution >= 4 is 35.8 Å². The van der Waals surface area contributed by atoms with Gasteiger partial charge in [0, 0.05) is 39.4 Å². The SMILES string of the molecule is CN(C)C(=O)CN=C(NCCCn1ccnn1)NC1CCc2ccccc2C1.I. The molecular formula is C20H30IN7O. The summed E-state index contributed by atoms with van der Waals surface area (Å²) in [6.07, 6.45) is 7.50. The number of aryl methyl sites for hydroxylation is 2. The van der Waals surface area contributed by atoms with E-state index >= 15 is 0 Å². The summed E-state index contributed by atoms with van der Waals surface area (Å²) >= 11 is 0. The molecule has 1 aliphatic rings. The zero-order valence-corrected chi connectivity index (χ0v) is 19.4. The number of rotatable bonds is 7. The topological polar surface area (TPSA) is 87.4 Å². The number of nitrogens with one attached hydrogen (secondary N) is 2. The van der Waals surface area contributed by atoms with Crippen LogP contribution >= 0.6 is 24.0 Å². The molecule has 0 fully saturated rings. The van der Waals surface area contributed by atoms with Crippen molar-refractivity contribution in [2.45, 2.75) is 38.3 Å². The van der Waals surface area contributed by atoms with Crippen LogP contribution in [0.1, 0.15) is 24.0 Å². The summed E-state index contributed by atoms with van der Waals surface area (Å²) in [5, 5.41) is 14.7. The van der Waals surface area contributed by atoms with Gasteiger partial charge in [-0.1, -0.05) is 29.5 Å². The molecule has 1 aliphatic carbocycles. The first-order chi connectivity index (χ1) is 13.6. The fraction of sp³-hybridized carbons (Fsp3) is 0.500. The number of aromatic nitrogens is 3. The number of nitrogens with zero attached hydrogens (tertiary/aromatic N) is 5. The van der Waals surface area contributed by atoms with Gasteiger partial charge in [0.25, 0.3) is 0 Å². The first-order valence-corrected chi connectivity index (χ1v) is 9.77.